The van der Waals surface area contributed by atoms with Gasteiger partial charge in [0.1, 0.15) is 0 Å². The van der Waals surface area contributed by atoms with Crippen molar-refractivity contribution in [2.75, 3.05) is 13.6 Å². The highest BCUT2D eigenvalue weighted by atomic mass is 35.5. The zero-order valence-corrected chi connectivity index (χ0v) is 16.5. The normalized spacial score (nSPS) is 11.8. The maximum absolute atomic E-state index is 12.2. The number of carbonyl (C=O) groups excluding carboxylic acids is 1. The summed E-state index contributed by atoms with van der Waals surface area (Å²) in [4.78, 5) is 17.6. The Morgan fingerprint density at radius 1 is 1.29 bits per heavy atom. The summed E-state index contributed by atoms with van der Waals surface area (Å²) in [6.07, 6.45) is 4.16. The molecule has 1 atom stereocenters. The molecule has 1 aromatic carbocycles. The van der Waals surface area contributed by atoms with E-state index in [2.05, 4.69) is 15.2 Å². The third-order valence-electron chi connectivity index (χ3n) is 4.32. The highest BCUT2D eigenvalue weighted by Gasteiger charge is 2.20. The lowest BCUT2D eigenvalue weighted by atomic mass is 10.0. The van der Waals surface area contributed by atoms with Crippen LogP contribution in [0.2, 0.25) is 5.02 Å². The number of hydrogen-bond donors (Lipinski definition) is 0. The van der Waals surface area contributed by atoms with Crippen LogP contribution in [0.1, 0.15) is 31.6 Å². The first kappa shape index (κ1) is 19.8. The van der Waals surface area contributed by atoms with Crippen LogP contribution in [0.25, 0.3) is 11.5 Å². The van der Waals surface area contributed by atoms with Crippen molar-refractivity contribution >= 4 is 17.7 Å². The predicted octanol–water partition coefficient (Wildman–Crippen LogP) is 4.80. The minimum atomic E-state index is -0.437. The van der Waals surface area contributed by atoms with E-state index >= 15 is 0 Å². The second-order valence-corrected chi connectivity index (χ2v) is 6.76. The van der Waals surface area contributed by atoms with E-state index in [-0.39, 0.29) is 5.92 Å². The SMILES string of the molecule is CCC(CCN(C)C(=O)Oc1cccnc1)c1nnc(-c2cccc(Cl)c2)o1. The number of ether oxygens (including phenoxy) is 1. The molecule has 3 rings (SSSR count). The summed E-state index contributed by atoms with van der Waals surface area (Å²) in [5.41, 5.74) is 0.776. The van der Waals surface area contributed by atoms with E-state index in [4.69, 9.17) is 20.8 Å². The van der Waals surface area contributed by atoms with E-state index in [1.54, 1.807) is 37.5 Å². The molecule has 0 aliphatic rings. The third-order valence-corrected chi connectivity index (χ3v) is 4.55. The Morgan fingerprint density at radius 3 is 2.86 bits per heavy atom. The topological polar surface area (TPSA) is 81.4 Å². The fourth-order valence-corrected chi connectivity index (χ4v) is 2.86. The van der Waals surface area contributed by atoms with Gasteiger partial charge in [0.05, 0.1) is 6.20 Å². The fourth-order valence-electron chi connectivity index (χ4n) is 2.67. The molecule has 146 valence electrons. The fraction of sp³-hybridized carbons (Fsp3) is 0.300. The molecule has 2 heterocycles. The number of pyridine rings is 1. The standard InChI is InChI=1S/C20H21ClN4O3/c1-3-14(9-11-25(2)20(26)27-17-8-5-10-22-13-17)18-23-24-19(28-18)15-6-4-7-16(21)12-15/h4-8,10,12-14H,3,9,11H2,1-2H3. The molecule has 0 N–H and O–H groups in total. The molecule has 0 aliphatic carbocycles. The molecular weight excluding hydrogens is 380 g/mol. The Hall–Kier alpha value is -2.93. The van der Waals surface area contributed by atoms with Crippen LogP contribution in [0.3, 0.4) is 0 Å². The smallest absolute Gasteiger partial charge is 0.415 e. The minimum Gasteiger partial charge on any atom is -0.420 e. The van der Waals surface area contributed by atoms with Gasteiger partial charge < -0.3 is 14.1 Å². The Labute approximate surface area is 168 Å². The van der Waals surface area contributed by atoms with Gasteiger partial charge >= 0.3 is 6.09 Å². The highest BCUT2D eigenvalue weighted by Crippen LogP contribution is 2.27. The van der Waals surface area contributed by atoms with Gasteiger partial charge in [-0.25, -0.2) is 4.79 Å². The van der Waals surface area contributed by atoms with Crippen LogP contribution < -0.4 is 4.74 Å². The molecular formula is C20H21ClN4O3. The summed E-state index contributed by atoms with van der Waals surface area (Å²) < 4.78 is 11.1. The lowest BCUT2D eigenvalue weighted by Crippen LogP contribution is -2.31. The number of carbonyl (C=O) groups is 1. The molecule has 28 heavy (non-hydrogen) atoms. The van der Waals surface area contributed by atoms with E-state index in [0.29, 0.717) is 35.5 Å². The molecule has 7 nitrogen and oxygen atoms in total. The van der Waals surface area contributed by atoms with Crippen molar-refractivity contribution in [2.45, 2.75) is 25.7 Å². The van der Waals surface area contributed by atoms with Crippen molar-refractivity contribution in [3.63, 3.8) is 0 Å². The first-order valence-electron chi connectivity index (χ1n) is 8.99. The summed E-state index contributed by atoms with van der Waals surface area (Å²) in [7, 11) is 1.69. The number of benzene rings is 1. The molecule has 0 bridgehead atoms. The van der Waals surface area contributed by atoms with Crippen LogP contribution in [-0.4, -0.2) is 39.8 Å². The summed E-state index contributed by atoms with van der Waals surface area (Å²) in [6, 6.07) is 10.7. The molecule has 1 amide bonds. The summed E-state index contributed by atoms with van der Waals surface area (Å²) >= 11 is 6.02. The zero-order chi connectivity index (χ0) is 19.9. The van der Waals surface area contributed by atoms with Gasteiger partial charge in [-0.05, 0) is 43.2 Å². The van der Waals surface area contributed by atoms with Crippen LogP contribution in [0.4, 0.5) is 4.79 Å². The first-order valence-corrected chi connectivity index (χ1v) is 9.37. The molecule has 8 heteroatoms. The number of hydrogen-bond acceptors (Lipinski definition) is 6. The summed E-state index contributed by atoms with van der Waals surface area (Å²) in [5, 5.41) is 8.92. The van der Waals surface area contributed by atoms with Gasteiger partial charge in [0.2, 0.25) is 11.8 Å². The van der Waals surface area contributed by atoms with Gasteiger partial charge in [-0.2, -0.15) is 0 Å². The summed E-state index contributed by atoms with van der Waals surface area (Å²) in [6.45, 7) is 2.54. The number of aromatic nitrogens is 3. The molecule has 1 unspecified atom stereocenters. The first-order chi connectivity index (χ1) is 13.6. The van der Waals surface area contributed by atoms with E-state index in [0.717, 1.165) is 12.0 Å². The van der Waals surface area contributed by atoms with Gasteiger partial charge in [-0.15, -0.1) is 10.2 Å². The molecule has 0 spiro atoms. The number of halogens is 1. The van der Waals surface area contributed by atoms with Crippen molar-refractivity contribution in [2.24, 2.45) is 0 Å². The van der Waals surface area contributed by atoms with Gasteiger partial charge in [-0.3, -0.25) is 4.98 Å². The van der Waals surface area contributed by atoms with Crippen molar-refractivity contribution in [1.82, 2.24) is 20.1 Å². The second kappa shape index (κ2) is 9.32. The number of nitrogens with zero attached hydrogens (tertiary/aromatic N) is 4. The van der Waals surface area contributed by atoms with Crippen molar-refractivity contribution in [3.8, 4) is 17.2 Å². The van der Waals surface area contributed by atoms with E-state index in [1.165, 1.54) is 11.1 Å². The van der Waals surface area contributed by atoms with Crippen LogP contribution in [0.5, 0.6) is 5.75 Å². The lowest BCUT2D eigenvalue weighted by Gasteiger charge is -2.19. The Kier molecular flexibility index (Phi) is 6.60. The van der Waals surface area contributed by atoms with Crippen LogP contribution in [0, 0.1) is 0 Å². The largest absolute Gasteiger partial charge is 0.420 e. The van der Waals surface area contributed by atoms with Crippen LogP contribution in [0.15, 0.2) is 53.2 Å². The minimum absolute atomic E-state index is 0.0362. The molecule has 0 saturated carbocycles. The quantitative estimate of drug-likeness (QED) is 0.566. The molecule has 0 saturated heterocycles. The Bertz CT molecular complexity index is 917. The van der Waals surface area contributed by atoms with Gasteiger partial charge in [0.25, 0.3) is 0 Å². The highest BCUT2D eigenvalue weighted by molar-refractivity contribution is 6.30. The van der Waals surface area contributed by atoms with Gasteiger partial charge in [0.15, 0.2) is 5.75 Å². The van der Waals surface area contributed by atoms with E-state index < -0.39 is 6.09 Å². The Balaban J connectivity index is 1.59. The van der Waals surface area contributed by atoms with Crippen molar-refractivity contribution in [3.05, 3.63) is 59.7 Å². The molecule has 0 fully saturated rings. The average Bonchev–Trinajstić information content (AvgIpc) is 3.19. The van der Waals surface area contributed by atoms with Gasteiger partial charge in [0, 0.05) is 36.3 Å². The van der Waals surface area contributed by atoms with E-state index in [1.807, 2.05) is 19.1 Å². The maximum Gasteiger partial charge on any atom is 0.415 e. The van der Waals surface area contributed by atoms with Crippen molar-refractivity contribution in [1.29, 1.82) is 0 Å². The average molecular weight is 401 g/mol. The van der Waals surface area contributed by atoms with Crippen LogP contribution in [-0.2, 0) is 0 Å². The van der Waals surface area contributed by atoms with Crippen LogP contribution >= 0.6 is 11.6 Å². The molecule has 0 aliphatic heterocycles. The molecule has 2 aromatic heterocycles. The van der Waals surface area contributed by atoms with E-state index in [9.17, 15) is 4.79 Å². The third kappa shape index (κ3) is 5.07. The maximum atomic E-state index is 12.2. The summed E-state index contributed by atoms with van der Waals surface area (Å²) in [5.74, 6) is 1.43. The van der Waals surface area contributed by atoms with Gasteiger partial charge in [-0.1, -0.05) is 24.6 Å². The Morgan fingerprint density at radius 2 is 2.14 bits per heavy atom. The number of amides is 1. The lowest BCUT2D eigenvalue weighted by molar-refractivity contribution is 0.160. The number of rotatable bonds is 7. The monoisotopic (exact) mass is 400 g/mol. The zero-order valence-electron chi connectivity index (χ0n) is 15.7. The molecule has 0 radical (unpaired) electrons. The molecule has 3 aromatic rings. The predicted molar refractivity (Wildman–Crippen MR) is 105 cm³/mol. The second-order valence-electron chi connectivity index (χ2n) is 6.33. The van der Waals surface area contributed by atoms with Crippen molar-refractivity contribution < 1.29 is 13.9 Å².